The van der Waals surface area contributed by atoms with Crippen LogP contribution in [0.25, 0.3) is 0 Å². The second kappa shape index (κ2) is 9.71. The molecule has 1 saturated heterocycles. The third-order valence-electron chi connectivity index (χ3n) is 5.46. The minimum absolute atomic E-state index is 0. The largest absolute Gasteiger partial charge is 0.375 e. The zero-order chi connectivity index (χ0) is 16.9. The predicted molar refractivity (Wildman–Crippen MR) is 110 cm³/mol. The summed E-state index contributed by atoms with van der Waals surface area (Å²) in [4.78, 5) is 6.84. The van der Waals surface area contributed by atoms with Gasteiger partial charge in [0.1, 0.15) is 5.82 Å². The standard InChI is InChI=1S/C19H28FN3O.HI/c1-21-19(23-12-15-5-3-4-6-16(15)13-23)22-11-18(24-2)14-7-9-17(20)10-8-14;/h7-10,15-16,18H,3-6,11-13H2,1-2H3,(H,21,22);1H. The Bertz CT molecular complexity index is 552. The second-order valence-electron chi connectivity index (χ2n) is 6.91. The van der Waals surface area contributed by atoms with E-state index in [9.17, 15) is 4.39 Å². The van der Waals surface area contributed by atoms with Crippen LogP contribution in [0.2, 0.25) is 0 Å². The Morgan fingerprint density at radius 1 is 1.24 bits per heavy atom. The van der Waals surface area contributed by atoms with E-state index in [-0.39, 0.29) is 35.9 Å². The number of nitrogens with zero attached hydrogens (tertiary/aromatic N) is 2. The SMILES string of the molecule is CN=C(NCC(OC)c1ccc(F)cc1)N1CC2CCCCC2C1.I. The summed E-state index contributed by atoms with van der Waals surface area (Å²) >= 11 is 0. The maximum atomic E-state index is 13.1. The number of nitrogens with one attached hydrogen (secondary N) is 1. The first-order valence-corrected chi connectivity index (χ1v) is 8.95. The number of hydrogen-bond acceptors (Lipinski definition) is 2. The molecule has 6 heteroatoms. The molecule has 140 valence electrons. The zero-order valence-electron chi connectivity index (χ0n) is 15.1. The first-order chi connectivity index (χ1) is 11.7. The van der Waals surface area contributed by atoms with Gasteiger partial charge in [0.2, 0.25) is 0 Å². The Hall–Kier alpha value is -0.890. The van der Waals surface area contributed by atoms with Crippen LogP contribution in [0.3, 0.4) is 0 Å². The Kier molecular flexibility index (Phi) is 7.93. The van der Waals surface area contributed by atoms with E-state index in [1.807, 2.05) is 7.05 Å². The Morgan fingerprint density at radius 3 is 2.36 bits per heavy atom. The van der Waals surface area contributed by atoms with Crippen LogP contribution >= 0.6 is 24.0 Å². The van der Waals surface area contributed by atoms with Gasteiger partial charge in [-0.15, -0.1) is 24.0 Å². The van der Waals surface area contributed by atoms with E-state index < -0.39 is 0 Å². The molecule has 1 heterocycles. The molecule has 0 spiro atoms. The lowest BCUT2D eigenvalue weighted by Gasteiger charge is -2.24. The number of halogens is 2. The highest BCUT2D eigenvalue weighted by atomic mass is 127. The fourth-order valence-corrected chi connectivity index (χ4v) is 4.11. The van der Waals surface area contributed by atoms with Crippen molar-refractivity contribution in [3.63, 3.8) is 0 Å². The second-order valence-corrected chi connectivity index (χ2v) is 6.91. The topological polar surface area (TPSA) is 36.9 Å². The van der Waals surface area contributed by atoms with Gasteiger partial charge in [0, 0.05) is 33.8 Å². The van der Waals surface area contributed by atoms with Gasteiger partial charge in [-0.2, -0.15) is 0 Å². The van der Waals surface area contributed by atoms with Gasteiger partial charge >= 0.3 is 0 Å². The lowest BCUT2D eigenvalue weighted by atomic mass is 9.82. The predicted octanol–water partition coefficient (Wildman–Crippen LogP) is 3.83. The van der Waals surface area contributed by atoms with Crippen molar-refractivity contribution in [1.29, 1.82) is 0 Å². The molecule has 3 atom stereocenters. The zero-order valence-corrected chi connectivity index (χ0v) is 17.4. The minimum atomic E-state index is -0.225. The number of guanidine groups is 1. The fourth-order valence-electron chi connectivity index (χ4n) is 4.11. The van der Waals surface area contributed by atoms with Crippen LogP contribution in [-0.4, -0.2) is 44.7 Å². The molecule has 1 aromatic carbocycles. The van der Waals surface area contributed by atoms with E-state index in [0.29, 0.717) is 6.54 Å². The highest BCUT2D eigenvalue weighted by molar-refractivity contribution is 14.0. The first kappa shape index (κ1) is 20.4. The summed E-state index contributed by atoms with van der Waals surface area (Å²) in [5, 5.41) is 3.44. The van der Waals surface area contributed by atoms with Crippen molar-refractivity contribution in [2.24, 2.45) is 16.8 Å². The van der Waals surface area contributed by atoms with Crippen LogP contribution in [0, 0.1) is 17.7 Å². The van der Waals surface area contributed by atoms with Gasteiger partial charge in [-0.25, -0.2) is 4.39 Å². The third-order valence-corrected chi connectivity index (χ3v) is 5.46. The van der Waals surface area contributed by atoms with Crippen LogP contribution in [0.15, 0.2) is 29.3 Å². The molecule has 0 aromatic heterocycles. The molecule has 2 aliphatic rings. The van der Waals surface area contributed by atoms with Crippen molar-refractivity contribution >= 4 is 29.9 Å². The molecule has 1 aromatic rings. The van der Waals surface area contributed by atoms with Gasteiger partial charge in [-0.1, -0.05) is 25.0 Å². The average Bonchev–Trinajstić information content (AvgIpc) is 3.04. The summed E-state index contributed by atoms with van der Waals surface area (Å²) in [6, 6.07) is 6.50. The average molecular weight is 461 g/mol. The number of methoxy groups -OCH3 is 1. The number of benzene rings is 1. The number of aliphatic imine (C=N–C) groups is 1. The summed E-state index contributed by atoms with van der Waals surface area (Å²) in [5.41, 5.74) is 0.969. The Morgan fingerprint density at radius 2 is 1.84 bits per heavy atom. The maximum Gasteiger partial charge on any atom is 0.193 e. The smallest absolute Gasteiger partial charge is 0.193 e. The molecule has 0 radical (unpaired) electrons. The number of likely N-dealkylation sites (tertiary alicyclic amines) is 1. The molecule has 1 aliphatic heterocycles. The quantitative estimate of drug-likeness (QED) is 0.421. The number of hydrogen-bond donors (Lipinski definition) is 1. The Labute approximate surface area is 167 Å². The molecule has 4 nitrogen and oxygen atoms in total. The highest BCUT2D eigenvalue weighted by Gasteiger charge is 2.35. The normalized spacial score (nSPS) is 24.4. The van der Waals surface area contributed by atoms with E-state index in [0.717, 1.165) is 36.4 Å². The fraction of sp³-hybridized carbons (Fsp3) is 0.632. The van der Waals surface area contributed by atoms with Gasteiger partial charge < -0.3 is 15.0 Å². The first-order valence-electron chi connectivity index (χ1n) is 8.95. The summed E-state index contributed by atoms with van der Waals surface area (Å²) in [7, 11) is 3.52. The van der Waals surface area contributed by atoms with Gasteiger partial charge in [0.05, 0.1) is 6.10 Å². The van der Waals surface area contributed by atoms with Gasteiger partial charge in [-0.05, 0) is 42.4 Å². The van der Waals surface area contributed by atoms with E-state index >= 15 is 0 Å². The van der Waals surface area contributed by atoms with Crippen molar-refractivity contribution in [1.82, 2.24) is 10.2 Å². The number of fused-ring (bicyclic) bond motifs is 1. The molecular weight excluding hydrogens is 432 g/mol. The summed E-state index contributed by atoms with van der Waals surface area (Å²) in [6.45, 7) is 2.84. The van der Waals surface area contributed by atoms with E-state index in [1.54, 1.807) is 19.2 Å². The number of ether oxygens (including phenoxy) is 1. The molecule has 25 heavy (non-hydrogen) atoms. The van der Waals surface area contributed by atoms with Crippen LogP contribution < -0.4 is 5.32 Å². The third kappa shape index (κ3) is 5.06. The number of rotatable bonds is 4. The van der Waals surface area contributed by atoms with Gasteiger partial charge in [0.25, 0.3) is 0 Å². The molecule has 1 aliphatic carbocycles. The van der Waals surface area contributed by atoms with Crippen molar-refractivity contribution in [2.75, 3.05) is 33.8 Å². The van der Waals surface area contributed by atoms with Crippen LogP contribution in [-0.2, 0) is 4.74 Å². The summed E-state index contributed by atoms with van der Waals surface area (Å²) in [5.74, 6) is 2.38. The van der Waals surface area contributed by atoms with Crippen molar-refractivity contribution in [3.8, 4) is 0 Å². The van der Waals surface area contributed by atoms with E-state index in [1.165, 1.54) is 37.8 Å². The lowest BCUT2D eigenvalue weighted by molar-refractivity contribution is 0.106. The van der Waals surface area contributed by atoms with E-state index in [4.69, 9.17) is 4.74 Å². The highest BCUT2D eigenvalue weighted by Crippen LogP contribution is 2.35. The van der Waals surface area contributed by atoms with Crippen molar-refractivity contribution in [2.45, 2.75) is 31.8 Å². The van der Waals surface area contributed by atoms with Gasteiger partial charge in [0.15, 0.2) is 5.96 Å². The molecule has 2 fully saturated rings. The monoisotopic (exact) mass is 461 g/mol. The molecule has 0 amide bonds. The van der Waals surface area contributed by atoms with Crippen LogP contribution in [0.4, 0.5) is 4.39 Å². The summed E-state index contributed by atoms with van der Waals surface area (Å²) < 4.78 is 18.7. The summed E-state index contributed by atoms with van der Waals surface area (Å²) in [6.07, 6.45) is 5.34. The van der Waals surface area contributed by atoms with Crippen LogP contribution in [0.1, 0.15) is 37.4 Å². The van der Waals surface area contributed by atoms with Crippen molar-refractivity contribution < 1.29 is 9.13 Å². The molecule has 1 N–H and O–H groups in total. The molecule has 3 rings (SSSR count). The Balaban J connectivity index is 0.00000225. The van der Waals surface area contributed by atoms with Gasteiger partial charge in [-0.3, -0.25) is 4.99 Å². The molecule has 0 bridgehead atoms. The minimum Gasteiger partial charge on any atom is -0.375 e. The van der Waals surface area contributed by atoms with Crippen molar-refractivity contribution in [3.05, 3.63) is 35.6 Å². The van der Waals surface area contributed by atoms with E-state index in [2.05, 4.69) is 15.2 Å². The lowest BCUT2D eigenvalue weighted by Crippen LogP contribution is -2.42. The molecular formula is C19H29FIN3O. The van der Waals surface area contributed by atoms with Crippen LogP contribution in [0.5, 0.6) is 0 Å². The molecule has 1 saturated carbocycles. The molecule has 3 unspecified atom stereocenters. The maximum absolute atomic E-state index is 13.1.